The second-order valence-corrected chi connectivity index (χ2v) is 5.86. The van der Waals surface area contributed by atoms with Crippen molar-refractivity contribution in [1.29, 1.82) is 0 Å². The van der Waals surface area contributed by atoms with Crippen LogP contribution in [-0.4, -0.2) is 21.8 Å². The first-order chi connectivity index (χ1) is 8.89. The Labute approximate surface area is 110 Å². The normalized spacial score (nSPS) is 11.7. The molecule has 2 aromatic rings. The standard InChI is InChI=1S/C12H13NO5S/c1-17-7-8-5-12(14)18-11-6-9(3-4-10(8)11)13-19(2,15)16/h3-6,13H,7H2,1-2H3. The molecular formula is C12H13NO5S. The van der Waals surface area contributed by atoms with Crippen molar-refractivity contribution in [1.82, 2.24) is 0 Å². The molecule has 102 valence electrons. The molecule has 2 rings (SSSR count). The summed E-state index contributed by atoms with van der Waals surface area (Å²) in [5, 5.41) is 0.709. The molecule has 19 heavy (non-hydrogen) atoms. The minimum Gasteiger partial charge on any atom is -0.423 e. The van der Waals surface area contributed by atoms with Crippen LogP contribution in [0.4, 0.5) is 5.69 Å². The van der Waals surface area contributed by atoms with Gasteiger partial charge in [0, 0.05) is 24.6 Å². The van der Waals surface area contributed by atoms with Gasteiger partial charge in [0.1, 0.15) is 5.58 Å². The molecule has 0 aliphatic carbocycles. The lowest BCUT2D eigenvalue weighted by atomic mass is 10.1. The van der Waals surface area contributed by atoms with Crippen molar-refractivity contribution in [3.8, 4) is 0 Å². The molecule has 0 aliphatic heterocycles. The lowest BCUT2D eigenvalue weighted by Crippen LogP contribution is -2.09. The predicted molar refractivity (Wildman–Crippen MR) is 71.7 cm³/mol. The van der Waals surface area contributed by atoms with Crippen LogP contribution >= 0.6 is 0 Å². The van der Waals surface area contributed by atoms with E-state index in [0.717, 1.165) is 6.26 Å². The molecule has 1 aromatic heterocycles. The molecule has 7 heteroatoms. The molecule has 0 atom stereocenters. The summed E-state index contributed by atoms with van der Waals surface area (Å²) in [4.78, 5) is 11.4. The maximum absolute atomic E-state index is 11.4. The van der Waals surface area contributed by atoms with Crippen molar-refractivity contribution >= 4 is 26.7 Å². The van der Waals surface area contributed by atoms with Crippen LogP contribution in [0.1, 0.15) is 5.56 Å². The van der Waals surface area contributed by atoms with Crippen molar-refractivity contribution in [2.75, 3.05) is 18.1 Å². The maximum atomic E-state index is 11.4. The average Bonchev–Trinajstić information content (AvgIpc) is 2.26. The van der Waals surface area contributed by atoms with Gasteiger partial charge in [0.05, 0.1) is 18.6 Å². The number of rotatable bonds is 4. The number of ether oxygens (including phenoxy) is 1. The van der Waals surface area contributed by atoms with Crippen molar-refractivity contribution in [2.45, 2.75) is 6.61 Å². The van der Waals surface area contributed by atoms with E-state index < -0.39 is 15.6 Å². The first kappa shape index (κ1) is 13.6. The van der Waals surface area contributed by atoms with E-state index in [-0.39, 0.29) is 6.61 Å². The summed E-state index contributed by atoms with van der Waals surface area (Å²) in [5.41, 5.74) is 0.844. The van der Waals surface area contributed by atoms with E-state index in [1.54, 1.807) is 12.1 Å². The number of anilines is 1. The highest BCUT2D eigenvalue weighted by molar-refractivity contribution is 7.92. The van der Waals surface area contributed by atoms with Crippen molar-refractivity contribution in [3.05, 3.63) is 40.2 Å². The second-order valence-electron chi connectivity index (χ2n) is 4.11. The van der Waals surface area contributed by atoms with Crippen molar-refractivity contribution in [2.24, 2.45) is 0 Å². The number of hydrogen-bond donors (Lipinski definition) is 1. The van der Waals surface area contributed by atoms with E-state index in [1.807, 2.05) is 0 Å². The third kappa shape index (κ3) is 3.33. The van der Waals surface area contributed by atoms with Crippen LogP contribution < -0.4 is 10.3 Å². The molecule has 0 fully saturated rings. The molecule has 0 bridgehead atoms. The van der Waals surface area contributed by atoms with Gasteiger partial charge >= 0.3 is 5.63 Å². The summed E-state index contributed by atoms with van der Waals surface area (Å²) in [6, 6.07) is 6.11. The molecule has 1 heterocycles. The van der Waals surface area contributed by atoms with Gasteiger partial charge in [-0.15, -0.1) is 0 Å². The summed E-state index contributed by atoms with van der Waals surface area (Å²) in [7, 11) is -1.84. The van der Waals surface area contributed by atoms with Gasteiger partial charge in [-0.2, -0.15) is 0 Å². The summed E-state index contributed by atoms with van der Waals surface area (Å²) in [6.07, 6.45) is 1.05. The zero-order valence-corrected chi connectivity index (χ0v) is 11.3. The van der Waals surface area contributed by atoms with Crippen LogP contribution in [0.2, 0.25) is 0 Å². The lowest BCUT2D eigenvalue weighted by molar-refractivity contribution is 0.185. The molecule has 0 unspecified atom stereocenters. The number of methoxy groups -OCH3 is 1. The van der Waals surface area contributed by atoms with Gasteiger partial charge in [0.15, 0.2) is 0 Å². The summed E-state index contributed by atoms with van der Waals surface area (Å²) < 4.78 is 34.7. The van der Waals surface area contributed by atoms with Crippen molar-refractivity contribution in [3.63, 3.8) is 0 Å². The minimum atomic E-state index is -3.37. The van der Waals surface area contributed by atoms with Crippen molar-refractivity contribution < 1.29 is 17.6 Å². The fourth-order valence-corrected chi connectivity index (χ4v) is 2.34. The largest absolute Gasteiger partial charge is 0.423 e. The molecule has 0 aliphatic rings. The molecule has 0 radical (unpaired) electrons. The van der Waals surface area contributed by atoms with Crippen LogP contribution in [0.25, 0.3) is 11.0 Å². The fraction of sp³-hybridized carbons (Fsp3) is 0.250. The molecule has 1 N–H and O–H groups in total. The monoisotopic (exact) mass is 283 g/mol. The van der Waals surface area contributed by atoms with E-state index in [0.29, 0.717) is 22.2 Å². The minimum absolute atomic E-state index is 0.279. The van der Waals surface area contributed by atoms with Gasteiger partial charge < -0.3 is 9.15 Å². The maximum Gasteiger partial charge on any atom is 0.336 e. The van der Waals surface area contributed by atoms with E-state index in [9.17, 15) is 13.2 Å². The highest BCUT2D eigenvalue weighted by Gasteiger charge is 2.08. The van der Waals surface area contributed by atoms with Crippen LogP contribution in [0.5, 0.6) is 0 Å². The Morgan fingerprint density at radius 1 is 1.32 bits per heavy atom. The highest BCUT2D eigenvalue weighted by atomic mass is 32.2. The smallest absolute Gasteiger partial charge is 0.336 e. The molecule has 1 aromatic carbocycles. The summed E-state index contributed by atoms with van der Waals surface area (Å²) >= 11 is 0. The lowest BCUT2D eigenvalue weighted by Gasteiger charge is -2.07. The Balaban J connectivity index is 2.57. The predicted octanol–water partition coefficient (Wildman–Crippen LogP) is 1.31. The first-order valence-corrected chi connectivity index (χ1v) is 7.32. The second kappa shape index (κ2) is 5.02. The Morgan fingerprint density at radius 2 is 2.05 bits per heavy atom. The molecule has 6 nitrogen and oxygen atoms in total. The summed E-state index contributed by atoms with van der Waals surface area (Å²) in [5.74, 6) is 0. The molecule has 0 saturated heterocycles. The Hall–Kier alpha value is -1.86. The Bertz CT molecular complexity index is 763. The van der Waals surface area contributed by atoms with Gasteiger partial charge in [-0.05, 0) is 17.7 Å². The van der Waals surface area contributed by atoms with Gasteiger partial charge in [-0.3, -0.25) is 4.72 Å². The van der Waals surface area contributed by atoms with Crippen LogP contribution in [0.3, 0.4) is 0 Å². The van der Waals surface area contributed by atoms with Crippen LogP contribution in [0.15, 0.2) is 33.5 Å². The zero-order valence-electron chi connectivity index (χ0n) is 10.5. The molecule has 0 saturated carbocycles. The number of benzene rings is 1. The third-order valence-electron chi connectivity index (χ3n) is 2.43. The third-order valence-corrected chi connectivity index (χ3v) is 3.04. The molecular weight excluding hydrogens is 270 g/mol. The SMILES string of the molecule is COCc1cc(=O)oc2cc(NS(C)(=O)=O)ccc12. The molecule has 0 amide bonds. The van der Waals surface area contributed by atoms with Gasteiger partial charge in [-0.1, -0.05) is 0 Å². The van der Waals surface area contributed by atoms with E-state index >= 15 is 0 Å². The average molecular weight is 283 g/mol. The number of fused-ring (bicyclic) bond motifs is 1. The van der Waals surface area contributed by atoms with Gasteiger partial charge in [-0.25, -0.2) is 13.2 Å². The van der Waals surface area contributed by atoms with E-state index in [2.05, 4.69) is 4.72 Å². The van der Waals surface area contributed by atoms with Gasteiger partial charge in [0.25, 0.3) is 0 Å². The highest BCUT2D eigenvalue weighted by Crippen LogP contribution is 2.22. The number of hydrogen-bond acceptors (Lipinski definition) is 5. The first-order valence-electron chi connectivity index (χ1n) is 5.42. The van der Waals surface area contributed by atoms with Gasteiger partial charge in [0.2, 0.25) is 10.0 Å². The van der Waals surface area contributed by atoms with Crippen LogP contribution in [-0.2, 0) is 21.4 Å². The topological polar surface area (TPSA) is 85.6 Å². The molecule has 0 spiro atoms. The Morgan fingerprint density at radius 3 is 2.68 bits per heavy atom. The Kier molecular flexibility index (Phi) is 3.59. The summed E-state index contributed by atoms with van der Waals surface area (Å²) in [6.45, 7) is 0.279. The quantitative estimate of drug-likeness (QED) is 0.855. The van der Waals surface area contributed by atoms with Crippen LogP contribution in [0, 0.1) is 0 Å². The fourth-order valence-electron chi connectivity index (χ4n) is 1.78. The van der Waals surface area contributed by atoms with E-state index in [4.69, 9.17) is 9.15 Å². The number of sulfonamides is 1. The number of nitrogens with one attached hydrogen (secondary N) is 1. The van der Waals surface area contributed by atoms with E-state index in [1.165, 1.54) is 19.2 Å². The zero-order chi connectivity index (χ0) is 14.0.